The van der Waals surface area contributed by atoms with Crippen LogP contribution in [0.3, 0.4) is 0 Å². The molecule has 2 heterocycles. The Balaban J connectivity index is 1.58. The average molecular weight is 369 g/mol. The Kier molecular flexibility index (Phi) is 4.97. The first-order chi connectivity index (χ1) is 13.7. The number of aromatic nitrogens is 2. The van der Waals surface area contributed by atoms with Gasteiger partial charge >= 0.3 is 0 Å². The molecule has 0 aliphatic carbocycles. The number of hydrogen-bond acceptors (Lipinski definition) is 3. The third-order valence-electron chi connectivity index (χ3n) is 4.67. The summed E-state index contributed by atoms with van der Waals surface area (Å²) in [6.07, 6.45) is 5.86. The Morgan fingerprint density at radius 1 is 1.00 bits per heavy atom. The van der Waals surface area contributed by atoms with E-state index in [4.69, 9.17) is 0 Å². The molecule has 4 rings (SSSR count). The van der Waals surface area contributed by atoms with Crippen molar-refractivity contribution in [3.63, 3.8) is 0 Å². The van der Waals surface area contributed by atoms with Crippen LogP contribution in [0.25, 0.3) is 21.9 Å². The van der Waals surface area contributed by atoms with Gasteiger partial charge in [-0.05, 0) is 23.4 Å². The average Bonchev–Trinajstić information content (AvgIpc) is 2.74. The molecule has 4 aromatic rings. The standard InChI is InChI=1S/C23H19N3O2/c27-22(25-11-10-16-6-2-1-3-7-16)20-12-18(14-26-23(20)28)21-15-24-13-17-8-4-5-9-19(17)21/h1-9,12-15H,10-11H2,(H,25,27)(H,26,28). The third-order valence-corrected chi connectivity index (χ3v) is 4.67. The van der Waals surface area contributed by atoms with E-state index in [-0.39, 0.29) is 11.5 Å². The van der Waals surface area contributed by atoms with Gasteiger partial charge in [-0.3, -0.25) is 14.6 Å². The summed E-state index contributed by atoms with van der Waals surface area (Å²) in [4.78, 5) is 31.7. The first-order valence-electron chi connectivity index (χ1n) is 9.10. The zero-order valence-corrected chi connectivity index (χ0v) is 15.2. The topological polar surface area (TPSA) is 74.8 Å². The smallest absolute Gasteiger partial charge is 0.260 e. The van der Waals surface area contributed by atoms with E-state index in [0.717, 1.165) is 27.5 Å². The number of hydrogen-bond donors (Lipinski definition) is 2. The van der Waals surface area contributed by atoms with Crippen LogP contribution >= 0.6 is 0 Å². The van der Waals surface area contributed by atoms with Gasteiger partial charge in [0.2, 0.25) is 0 Å². The number of aromatic amines is 1. The molecule has 0 bridgehead atoms. The van der Waals surface area contributed by atoms with Crippen LogP contribution in [0.2, 0.25) is 0 Å². The number of pyridine rings is 2. The second kappa shape index (κ2) is 7.88. The highest BCUT2D eigenvalue weighted by molar-refractivity contribution is 5.98. The van der Waals surface area contributed by atoms with Gasteiger partial charge in [-0.1, -0.05) is 54.6 Å². The van der Waals surface area contributed by atoms with Gasteiger partial charge in [0, 0.05) is 41.6 Å². The van der Waals surface area contributed by atoms with Gasteiger partial charge in [-0.25, -0.2) is 0 Å². The maximum Gasteiger partial charge on any atom is 0.260 e. The fraction of sp³-hybridized carbons (Fsp3) is 0.0870. The molecule has 0 saturated carbocycles. The number of H-pyrrole nitrogens is 1. The molecule has 138 valence electrons. The Morgan fingerprint density at radius 3 is 2.64 bits per heavy atom. The summed E-state index contributed by atoms with van der Waals surface area (Å²) < 4.78 is 0. The molecule has 0 spiro atoms. The van der Waals surface area contributed by atoms with Crippen LogP contribution in [0.5, 0.6) is 0 Å². The fourth-order valence-electron chi connectivity index (χ4n) is 3.21. The van der Waals surface area contributed by atoms with Crippen molar-refractivity contribution in [2.45, 2.75) is 6.42 Å². The molecule has 5 nitrogen and oxygen atoms in total. The van der Waals surface area contributed by atoms with Gasteiger partial charge in [0.25, 0.3) is 11.5 Å². The normalized spacial score (nSPS) is 10.7. The number of rotatable bonds is 5. The number of carbonyl (C=O) groups is 1. The zero-order chi connectivity index (χ0) is 19.3. The monoisotopic (exact) mass is 369 g/mol. The third kappa shape index (κ3) is 3.69. The lowest BCUT2D eigenvalue weighted by Crippen LogP contribution is -2.31. The molecule has 0 fully saturated rings. The highest BCUT2D eigenvalue weighted by Gasteiger charge is 2.13. The van der Waals surface area contributed by atoms with Gasteiger partial charge < -0.3 is 10.3 Å². The van der Waals surface area contributed by atoms with E-state index in [1.54, 1.807) is 24.7 Å². The summed E-state index contributed by atoms with van der Waals surface area (Å²) in [5.74, 6) is -0.382. The van der Waals surface area contributed by atoms with E-state index in [2.05, 4.69) is 15.3 Å². The van der Waals surface area contributed by atoms with Crippen LogP contribution in [-0.2, 0) is 6.42 Å². The second-order valence-corrected chi connectivity index (χ2v) is 6.53. The lowest BCUT2D eigenvalue weighted by atomic mass is 10.0. The molecule has 2 N–H and O–H groups in total. The van der Waals surface area contributed by atoms with E-state index in [9.17, 15) is 9.59 Å². The predicted octanol–water partition coefficient (Wildman–Crippen LogP) is 3.56. The minimum Gasteiger partial charge on any atom is -0.352 e. The van der Waals surface area contributed by atoms with Crippen molar-refractivity contribution >= 4 is 16.7 Å². The molecule has 2 aromatic carbocycles. The van der Waals surface area contributed by atoms with Crippen LogP contribution in [0.4, 0.5) is 0 Å². The van der Waals surface area contributed by atoms with E-state index < -0.39 is 5.56 Å². The largest absolute Gasteiger partial charge is 0.352 e. The molecule has 0 unspecified atom stereocenters. The van der Waals surface area contributed by atoms with Crippen LogP contribution in [0, 0.1) is 0 Å². The molecule has 28 heavy (non-hydrogen) atoms. The predicted molar refractivity (Wildman–Crippen MR) is 110 cm³/mol. The minimum absolute atomic E-state index is 0.0958. The van der Waals surface area contributed by atoms with E-state index in [1.807, 2.05) is 54.6 Å². The molecular weight excluding hydrogens is 350 g/mol. The molecule has 0 aliphatic heterocycles. The molecule has 0 radical (unpaired) electrons. The van der Waals surface area contributed by atoms with Crippen molar-refractivity contribution in [2.24, 2.45) is 0 Å². The molecule has 5 heteroatoms. The van der Waals surface area contributed by atoms with E-state index >= 15 is 0 Å². The van der Waals surface area contributed by atoms with Crippen molar-refractivity contribution in [3.8, 4) is 11.1 Å². The van der Waals surface area contributed by atoms with Crippen molar-refractivity contribution < 1.29 is 4.79 Å². The second-order valence-electron chi connectivity index (χ2n) is 6.53. The van der Waals surface area contributed by atoms with Gasteiger partial charge in [-0.15, -0.1) is 0 Å². The van der Waals surface area contributed by atoms with Gasteiger partial charge in [-0.2, -0.15) is 0 Å². The Hall–Kier alpha value is -3.73. The zero-order valence-electron chi connectivity index (χ0n) is 15.2. The summed E-state index contributed by atoms with van der Waals surface area (Å²) in [6.45, 7) is 0.461. The fourth-order valence-corrected chi connectivity index (χ4v) is 3.21. The highest BCUT2D eigenvalue weighted by Crippen LogP contribution is 2.26. The number of benzene rings is 2. The lowest BCUT2D eigenvalue weighted by molar-refractivity contribution is 0.0952. The van der Waals surface area contributed by atoms with Crippen molar-refractivity contribution in [2.75, 3.05) is 6.54 Å². The minimum atomic E-state index is -0.408. The van der Waals surface area contributed by atoms with Gasteiger partial charge in [0.05, 0.1) is 0 Å². The highest BCUT2D eigenvalue weighted by atomic mass is 16.2. The van der Waals surface area contributed by atoms with Crippen LogP contribution in [-0.4, -0.2) is 22.4 Å². The van der Waals surface area contributed by atoms with Crippen LogP contribution in [0.15, 0.2) is 84.0 Å². The van der Waals surface area contributed by atoms with Gasteiger partial charge in [0.1, 0.15) is 5.56 Å². The molecule has 0 aliphatic rings. The maximum absolute atomic E-state index is 12.6. The van der Waals surface area contributed by atoms with Crippen LogP contribution in [0.1, 0.15) is 15.9 Å². The summed E-state index contributed by atoms with van der Waals surface area (Å²) in [7, 11) is 0. The number of amides is 1. The van der Waals surface area contributed by atoms with E-state index in [0.29, 0.717) is 13.0 Å². The first kappa shape index (κ1) is 17.7. The maximum atomic E-state index is 12.6. The van der Waals surface area contributed by atoms with Crippen molar-refractivity contribution in [3.05, 3.63) is 101 Å². The van der Waals surface area contributed by atoms with Gasteiger partial charge in [0.15, 0.2) is 0 Å². The van der Waals surface area contributed by atoms with Crippen LogP contribution < -0.4 is 10.9 Å². The summed E-state index contributed by atoms with van der Waals surface area (Å²) in [6, 6.07) is 19.4. The first-order valence-corrected chi connectivity index (χ1v) is 9.10. The molecule has 0 saturated heterocycles. The Bertz CT molecular complexity index is 1180. The molecule has 2 aromatic heterocycles. The molecule has 0 atom stereocenters. The SMILES string of the molecule is O=C(NCCc1ccccc1)c1cc(-c2cncc3ccccc23)c[nH]c1=O. The summed E-state index contributed by atoms with van der Waals surface area (Å²) in [5.41, 5.74) is 2.43. The molecule has 1 amide bonds. The Labute approximate surface area is 162 Å². The van der Waals surface area contributed by atoms with Crippen molar-refractivity contribution in [1.29, 1.82) is 0 Å². The quantitative estimate of drug-likeness (QED) is 0.565. The lowest BCUT2D eigenvalue weighted by Gasteiger charge is -2.09. The number of fused-ring (bicyclic) bond motifs is 1. The van der Waals surface area contributed by atoms with Crippen molar-refractivity contribution in [1.82, 2.24) is 15.3 Å². The summed E-state index contributed by atoms with van der Waals surface area (Å²) in [5, 5.41) is 4.84. The van der Waals surface area contributed by atoms with E-state index in [1.165, 1.54) is 0 Å². The number of carbonyl (C=O) groups excluding carboxylic acids is 1. The number of nitrogens with one attached hydrogen (secondary N) is 2. The molecular formula is C23H19N3O2. The summed E-state index contributed by atoms with van der Waals surface area (Å²) >= 11 is 0. The number of nitrogens with zero attached hydrogens (tertiary/aromatic N) is 1. The Morgan fingerprint density at radius 2 is 1.79 bits per heavy atom.